The van der Waals surface area contributed by atoms with Crippen molar-refractivity contribution < 1.29 is 33.0 Å². The summed E-state index contributed by atoms with van der Waals surface area (Å²) in [6.07, 6.45) is -0.684. The Kier molecular flexibility index (Phi) is 8.07. The summed E-state index contributed by atoms with van der Waals surface area (Å²) in [7, 11) is 2.52. The number of hydrogen-bond acceptors (Lipinski definition) is 6. The molecule has 8 nitrogen and oxygen atoms in total. The Morgan fingerprint density at radius 1 is 0.911 bits per heavy atom. The molecule has 0 saturated carbocycles. The largest absolute Gasteiger partial charge is 0.465 e. The second-order valence-corrected chi connectivity index (χ2v) is 11.4. The van der Waals surface area contributed by atoms with Gasteiger partial charge in [0.2, 0.25) is 0 Å². The van der Waals surface area contributed by atoms with Crippen LogP contribution in [0.15, 0.2) is 84.9 Å². The molecule has 0 aromatic heterocycles. The number of carbonyl (C=O) groups excluding carboxylic acids is 3. The van der Waals surface area contributed by atoms with Crippen LogP contribution in [-0.4, -0.2) is 55.8 Å². The minimum Gasteiger partial charge on any atom is -0.465 e. The van der Waals surface area contributed by atoms with Crippen molar-refractivity contribution in [2.75, 3.05) is 27.4 Å². The minimum atomic E-state index is -1.41. The van der Waals surface area contributed by atoms with Crippen molar-refractivity contribution >= 4 is 29.6 Å². The average molecular weight is 629 g/mol. The number of esters is 1. The third-order valence-electron chi connectivity index (χ3n) is 8.52. The van der Waals surface area contributed by atoms with Crippen LogP contribution in [0.4, 0.5) is 9.18 Å². The molecule has 1 saturated heterocycles. The van der Waals surface area contributed by atoms with E-state index in [-0.39, 0.29) is 29.4 Å². The predicted octanol–water partition coefficient (Wildman–Crippen LogP) is 6.72. The zero-order valence-electron chi connectivity index (χ0n) is 24.8. The van der Waals surface area contributed by atoms with Crippen LogP contribution in [0.2, 0.25) is 5.02 Å². The molecular weight excluding hydrogens is 599 g/mol. The van der Waals surface area contributed by atoms with Gasteiger partial charge in [-0.05, 0) is 52.4 Å². The smallest absolute Gasteiger partial charge is 0.411 e. The molecule has 1 fully saturated rings. The van der Waals surface area contributed by atoms with Crippen molar-refractivity contribution in [3.8, 4) is 22.3 Å². The number of rotatable bonds is 7. The van der Waals surface area contributed by atoms with Gasteiger partial charge in [-0.15, -0.1) is 0 Å². The lowest BCUT2D eigenvalue weighted by Crippen LogP contribution is -2.71. The highest BCUT2D eigenvalue weighted by atomic mass is 35.5. The van der Waals surface area contributed by atoms with E-state index in [0.29, 0.717) is 11.1 Å². The van der Waals surface area contributed by atoms with Crippen molar-refractivity contribution in [2.45, 2.75) is 24.5 Å². The summed E-state index contributed by atoms with van der Waals surface area (Å²) < 4.78 is 31.3. The summed E-state index contributed by atoms with van der Waals surface area (Å²) in [5.74, 6) is -1.74. The summed E-state index contributed by atoms with van der Waals surface area (Å²) >= 11 is 6.27. The topological polar surface area (TPSA) is 94.2 Å². The molecule has 1 atom stereocenters. The average Bonchev–Trinajstić information content (AvgIpc) is 3.35. The van der Waals surface area contributed by atoms with E-state index in [1.807, 2.05) is 48.5 Å². The maximum atomic E-state index is 15.7. The summed E-state index contributed by atoms with van der Waals surface area (Å²) in [5, 5.41) is 3.09. The Hall–Kier alpha value is -4.73. The van der Waals surface area contributed by atoms with Gasteiger partial charge in [-0.1, -0.05) is 84.4 Å². The van der Waals surface area contributed by atoms with E-state index >= 15 is 4.39 Å². The van der Waals surface area contributed by atoms with Gasteiger partial charge in [-0.3, -0.25) is 9.69 Å². The highest BCUT2D eigenvalue weighted by Crippen LogP contribution is 2.49. The van der Waals surface area contributed by atoms with Gasteiger partial charge in [-0.25, -0.2) is 14.0 Å². The lowest BCUT2D eigenvalue weighted by Gasteiger charge is -2.50. The Bertz CT molecular complexity index is 1780. The summed E-state index contributed by atoms with van der Waals surface area (Å²) in [4.78, 5) is 41.5. The number of ether oxygens (including phenoxy) is 3. The molecule has 1 aliphatic carbocycles. The molecule has 0 spiro atoms. The van der Waals surface area contributed by atoms with Crippen LogP contribution in [0, 0.1) is 5.82 Å². The number of benzene rings is 4. The Balaban J connectivity index is 1.32. The maximum Gasteiger partial charge on any atom is 0.411 e. The molecule has 0 bridgehead atoms. The minimum absolute atomic E-state index is 0.0615. The van der Waals surface area contributed by atoms with E-state index in [2.05, 4.69) is 5.32 Å². The molecule has 1 N–H and O–H groups in total. The lowest BCUT2D eigenvalue weighted by atomic mass is 9.88. The Morgan fingerprint density at radius 3 is 2.09 bits per heavy atom. The SMILES string of the molecule is COC(=O)c1c(Cl)cccc1-c1ccc([C@@H](C)NC(=O)C2(N(C(=O)OC)C3c4ccccc4-c4ccccc43)COC2)c(F)c1. The van der Waals surface area contributed by atoms with Crippen molar-refractivity contribution in [1.82, 2.24) is 10.2 Å². The second kappa shape index (κ2) is 12.0. The number of methoxy groups -OCH3 is 2. The van der Waals surface area contributed by atoms with Gasteiger partial charge in [-0.2, -0.15) is 0 Å². The van der Waals surface area contributed by atoms with Gasteiger partial charge in [0.05, 0.1) is 50.1 Å². The van der Waals surface area contributed by atoms with E-state index in [0.717, 1.165) is 22.3 Å². The zero-order chi connectivity index (χ0) is 31.9. The van der Waals surface area contributed by atoms with E-state index in [1.54, 1.807) is 37.3 Å². The molecule has 4 aromatic rings. The molecule has 1 heterocycles. The number of amides is 2. The fraction of sp³-hybridized carbons (Fsp3) is 0.229. The highest BCUT2D eigenvalue weighted by molar-refractivity contribution is 6.34. The zero-order valence-corrected chi connectivity index (χ0v) is 25.6. The van der Waals surface area contributed by atoms with Gasteiger partial charge < -0.3 is 19.5 Å². The van der Waals surface area contributed by atoms with Crippen LogP contribution >= 0.6 is 11.6 Å². The van der Waals surface area contributed by atoms with Crippen molar-refractivity contribution in [2.24, 2.45) is 0 Å². The molecule has 1 aliphatic heterocycles. The molecule has 10 heteroatoms. The molecule has 45 heavy (non-hydrogen) atoms. The van der Waals surface area contributed by atoms with Gasteiger partial charge in [0, 0.05) is 5.56 Å². The van der Waals surface area contributed by atoms with Crippen LogP contribution in [0.5, 0.6) is 0 Å². The van der Waals surface area contributed by atoms with Gasteiger partial charge in [0.15, 0.2) is 5.54 Å². The monoisotopic (exact) mass is 628 g/mol. The van der Waals surface area contributed by atoms with Gasteiger partial charge in [0.1, 0.15) is 5.82 Å². The number of halogens is 2. The first-order valence-electron chi connectivity index (χ1n) is 14.3. The molecule has 2 amide bonds. The molecule has 230 valence electrons. The standard InChI is InChI=1S/C35H30ClFN2O6/c1-20(22-16-15-21(17-29(22)37)23-13-8-14-28(36)30(23)32(40)43-2)38-33(41)35(18-45-19-35)39(34(42)44-3)31-26-11-6-4-9-24(26)25-10-5-7-12-27(25)31/h4-17,20,31H,18-19H2,1-3H3,(H,38,41)/t20-/m1/s1. The first-order chi connectivity index (χ1) is 21.7. The summed E-state index contributed by atoms with van der Waals surface area (Å²) in [5.41, 5.74) is 3.41. The molecule has 0 radical (unpaired) electrons. The summed E-state index contributed by atoms with van der Waals surface area (Å²) in [6.45, 7) is 1.53. The second-order valence-electron chi connectivity index (χ2n) is 11.0. The van der Waals surface area contributed by atoms with Crippen molar-refractivity contribution in [3.05, 3.63) is 118 Å². The number of nitrogens with one attached hydrogen (secondary N) is 1. The first kappa shape index (κ1) is 30.3. The van der Waals surface area contributed by atoms with E-state index in [4.69, 9.17) is 25.8 Å². The first-order valence-corrected chi connectivity index (χ1v) is 14.7. The maximum absolute atomic E-state index is 15.7. The van der Waals surface area contributed by atoms with E-state index < -0.39 is 41.4 Å². The fourth-order valence-electron chi connectivity index (χ4n) is 6.24. The number of fused-ring (bicyclic) bond motifs is 3. The third kappa shape index (κ3) is 5.02. The number of nitrogens with zero attached hydrogens (tertiary/aromatic N) is 1. The molecule has 2 aliphatic rings. The van der Waals surface area contributed by atoms with Crippen LogP contribution in [0.1, 0.15) is 46.1 Å². The summed E-state index contributed by atoms with van der Waals surface area (Å²) in [6, 6.07) is 23.4. The number of carbonyl (C=O) groups is 3. The Labute approximate surface area is 264 Å². The third-order valence-corrected chi connectivity index (χ3v) is 8.84. The molecule has 0 unspecified atom stereocenters. The normalized spacial score (nSPS) is 15.2. The van der Waals surface area contributed by atoms with E-state index in [1.165, 1.54) is 25.2 Å². The number of hydrogen-bond donors (Lipinski definition) is 1. The van der Waals surface area contributed by atoms with Crippen LogP contribution in [-0.2, 0) is 19.0 Å². The van der Waals surface area contributed by atoms with Crippen LogP contribution in [0.25, 0.3) is 22.3 Å². The van der Waals surface area contributed by atoms with Crippen molar-refractivity contribution in [3.63, 3.8) is 0 Å². The van der Waals surface area contributed by atoms with Crippen LogP contribution in [0.3, 0.4) is 0 Å². The van der Waals surface area contributed by atoms with Crippen LogP contribution < -0.4 is 5.32 Å². The van der Waals surface area contributed by atoms with Crippen molar-refractivity contribution in [1.29, 1.82) is 0 Å². The molecule has 4 aromatic carbocycles. The predicted molar refractivity (Wildman–Crippen MR) is 166 cm³/mol. The van der Waals surface area contributed by atoms with E-state index in [9.17, 15) is 14.4 Å². The Morgan fingerprint density at radius 2 is 1.53 bits per heavy atom. The van der Waals surface area contributed by atoms with Gasteiger partial charge in [0.25, 0.3) is 5.91 Å². The highest BCUT2D eigenvalue weighted by Gasteiger charge is 2.57. The fourth-order valence-corrected chi connectivity index (χ4v) is 6.49. The molecular formula is C35H30ClFN2O6. The van der Waals surface area contributed by atoms with Gasteiger partial charge >= 0.3 is 12.1 Å². The quantitative estimate of drug-likeness (QED) is 0.229. The lowest BCUT2D eigenvalue weighted by molar-refractivity contribution is -0.170. The molecule has 6 rings (SSSR count).